The predicted molar refractivity (Wildman–Crippen MR) is 165 cm³/mol. The van der Waals surface area contributed by atoms with E-state index in [1.807, 2.05) is 13.8 Å². The van der Waals surface area contributed by atoms with Crippen molar-refractivity contribution >= 4 is 69.7 Å². The van der Waals surface area contributed by atoms with Crippen molar-refractivity contribution in [1.29, 1.82) is 0 Å². The molecule has 0 saturated heterocycles. The maximum absolute atomic E-state index is 12.6. The van der Waals surface area contributed by atoms with Crippen LogP contribution in [-0.4, -0.2) is 58.1 Å². The number of carboxylic acids is 3. The van der Waals surface area contributed by atoms with E-state index in [1.54, 1.807) is 38.2 Å². The molecule has 1 aromatic rings. The molecule has 0 N–H and O–H groups in total. The summed E-state index contributed by atoms with van der Waals surface area (Å²) in [5.74, 6) is -6.42. The number of carboxylic acid groups (broad SMARTS) is 3. The number of fused-ring (bicyclic) bond motifs is 5. The SMILES string of the molecule is C=CC1=C(C)C2=NC1=CC1=NC(=C(CC)/C1=C/[O-])C=C1N=C(C(CC(=O)[O-])=c3[n-]c(c(C)c3CCC(=O)[O-])=C2)C(C(=O)[O-])C1C.[Mg+2]. The van der Waals surface area contributed by atoms with Crippen LogP contribution in [0.4, 0.5) is 0 Å². The second kappa shape index (κ2) is 13.4. The van der Waals surface area contributed by atoms with E-state index in [-0.39, 0.29) is 52.5 Å². The van der Waals surface area contributed by atoms with Crippen molar-refractivity contribution < 1.29 is 34.8 Å². The Kier molecular flexibility index (Phi) is 10.0. The summed E-state index contributed by atoms with van der Waals surface area (Å²) in [6, 6.07) is 0. The van der Waals surface area contributed by atoms with Gasteiger partial charge in [-0.15, -0.1) is 17.0 Å². The molecule has 5 rings (SSSR count). The van der Waals surface area contributed by atoms with Crippen molar-refractivity contribution in [3.05, 3.63) is 92.3 Å². The first-order valence-corrected chi connectivity index (χ1v) is 14.5. The van der Waals surface area contributed by atoms with Crippen molar-refractivity contribution in [1.82, 2.24) is 4.98 Å². The van der Waals surface area contributed by atoms with Crippen LogP contribution in [0.5, 0.6) is 0 Å². The Bertz CT molecular complexity index is 1960. The van der Waals surface area contributed by atoms with Crippen LogP contribution in [0.2, 0.25) is 0 Å². The standard InChI is InChI=1S/C34H34N4O7.Mg/c1-6-18-15(3)23-11-24-16(4)20(8-9-29(40)41)32(37-24)21(10-30(42)43)33-31(34(44)45)17(5)25(38-33)12-27-19(7-2)22(14-39)28(36-27)13-26(18)35-23;/h6,11-14,17,31H,1,7-10H2,2-5H3,(H5,35,36,37,38,39,40,41,42,43,44,45);/q;+2/p-5. The summed E-state index contributed by atoms with van der Waals surface area (Å²) in [6.45, 7) is 11.0. The number of hydrogen-bond acceptors (Lipinski definition) is 10. The molecule has 5 heterocycles. The zero-order valence-electron chi connectivity index (χ0n) is 25.9. The first kappa shape index (κ1) is 34.3. The van der Waals surface area contributed by atoms with Crippen LogP contribution in [0.25, 0.3) is 11.6 Å². The average Bonchev–Trinajstić information content (AvgIpc) is 3.67. The normalized spacial score (nSPS) is 21.3. The number of carbonyl (C=O) groups excluding carboxylic acids is 3. The summed E-state index contributed by atoms with van der Waals surface area (Å²) in [6.07, 6.45) is 6.62. The van der Waals surface area contributed by atoms with E-state index in [0.717, 1.165) is 11.8 Å². The van der Waals surface area contributed by atoms with Crippen LogP contribution in [0.15, 0.2) is 85.4 Å². The number of carbonyl (C=O) groups is 3. The van der Waals surface area contributed by atoms with Crippen molar-refractivity contribution in [2.24, 2.45) is 26.8 Å². The molecule has 2 atom stereocenters. The molecule has 0 aliphatic carbocycles. The molecule has 0 fully saturated rings. The van der Waals surface area contributed by atoms with Gasteiger partial charge in [0, 0.05) is 41.5 Å². The maximum Gasteiger partial charge on any atom is 2.00 e. The fraction of sp³-hybridized carbons (Fsp3) is 0.294. The van der Waals surface area contributed by atoms with Crippen molar-refractivity contribution in [2.45, 2.75) is 53.4 Å². The molecule has 0 amide bonds. The Morgan fingerprint density at radius 2 is 1.72 bits per heavy atom. The molecule has 0 radical (unpaired) electrons. The largest absolute Gasteiger partial charge is 2.00 e. The van der Waals surface area contributed by atoms with Gasteiger partial charge in [0.05, 0.1) is 34.5 Å². The Hall–Kier alpha value is -4.55. The zero-order chi connectivity index (χ0) is 32.7. The molecule has 2 unspecified atom stereocenters. The Morgan fingerprint density at radius 1 is 1.00 bits per heavy atom. The predicted octanol–water partition coefficient (Wildman–Crippen LogP) is -2.12. The van der Waals surface area contributed by atoms with Gasteiger partial charge in [-0.25, -0.2) is 9.98 Å². The van der Waals surface area contributed by atoms with Crippen LogP contribution < -0.4 is 36.1 Å². The van der Waals surface area contributed by atoms with Gasteiger partial charge in [0.25, 0.3) is 0 Å². The van der Waals surface area contributed by atoms with Gasteiger partial charge in [-0.3, -0.25) is 4.99 Å². The molecular formula is C34H29MgN4O7-3. The average molecular weight is 630 g/mol. The fourth-order valence-corrected chi connectivity index (χ4v) is 6.21. The summed E-state index contributed by atoms with van der Waals surface area (Å²) >= 11 is 0. The van der Waals surface area contributed by atoms with Crippen LogP contribution in [-0.2, 0) is 20.8 Å². The van der Waals surface area contributed by atoms with Crippen LogP contribution in [0.3, 0.4) is 0 Å². The van der Waals surface area contributed by atoms with Gasteiger partial charge in [0.1, 0.15) is 0 Å². The smallest absolute Gasteiger partial charge is 0.877 e. The molecule has 4 aliphatic heterocycles. The number of aliphatic carboxylic acids is 3. The van der Waals surface area contributed by atoms with E-state index < -0.39 is 36.2 Å². The molecular weight excluding hydrogens is 601 g/mol. The Labute approximate surface area is 281 Å². The van der Waals surface area contributed by atoms with Gasteiger partial charge in [0.2, 0.25) is 0 Å². The van der Waals surface area contributed by atoms with Gasteiger partial charge < -0.3 is 39.8 Å². The number of aromatic nitrogens is 1. The molecule has 0 aromatic carbocycles. The van der Waals surface area contributed by atoms with Crippen molar-refractivity contribution in [3.63, 3.8) is 0 Å². The number of rotatable bonds is 8. The number of nitrogens with zero attached hydrogens (tertiary/aromatic N) is 4. The minimum absolute atomic E-state index is 0. The van der Waals surface area contributed by atoms with Gasteiger partial charge in [0.15, 0.2) is 0 Å². The molecule has 232 valence electrons. The summed E-state index contributed by atoms with van der Waals surface area (Å²) in [4.78, 5) is 55.1. The molecule has 0 saturated carbocycles. The van der Waals surface area contributed by atoms with Crippen molar-refractivity contribution in [2.75, 3.05) is 0 Å². The number of aliphatic imine (C=N–C) groups is 3. The summed E-state index contributed by atoms with van der Waals surface area (Å²) in [5, 5.41) is 49.0. The van der Waals surface area contributed by atoms with Gasteiger partial charge >= 0.3 is 23.1 Å². The minimum atomic E-state index is -1.50. The second-order valence-corrected chi connectivity index (χ2v) is 11.2. The summed E-state index contributed by atoms with van der Waals surface area (Å²) in [5.41, 5.74) is 5.45. The fourth-order valence-electron chi connectivity index (χ4n) is 6.21. The second-order valence-electron chi connectivity index (χ2n) is 11.2. The van der Waals surface area contributed by atoms with E-state index in [2.05, 4.69) is 11.6 Å². The van der Waals surface area contributed by atoms with Crippen LogP contribution in [0.1, 0.15) is 51.2 Å². The third-order valence-corrected chi connectivity index (χ3v) is 8.58. The van der Waals surface area contributed by atoms with E-state index in [1.165, 1.54) is 0 Å². The molecule has 8 bridgehead atoms. The Balaban J connectivity index is 0.00000480. The first-order chi connectivity index (χ1) is 21.4. The van der Waals surface area contributed by atoms with Crippen LogP contribution >= 0.6 is 0 Å². The number of allylic oxidation sites excluding steroid dienone is 7. The van der Waals surface area contributed by atoms with Gasteiger partial charge in [-0.05, 0) is 67.6 Å². The van der Waals surface area contributed by atoms with E-state index in [4.69, 9.17) is 15.0 Å². The number of hydrogen-bond donors (Lipinski definition) is 0. The minimum Gasteiger partial charge on any atom is -0.877 e. The van der Waals surface area contributed by atoms with Crippen LogP contribution in [0, 0.1) is 18.8 Å². The molecule has 46 heavy (non-hydrogen) atoms. The molecule has 1 aromatic heterocycles. The molecule has 12 heteroatoms. The summed E-state index contributed by atoms with van der Waals surface area (Å²) < 4.78 is 0. The zero-order valence-corrected chi connectivity index (χ0v) is 27.3. The first-order valence-electron chi connectivity index (χ1n) is 14.5. The van der Waals surface area contributed by atoms with E-state index >= 15 is 0 Å². The monoisotopic (exact) mass is 629 g/mol. The Morgan fingerprint density at radius 3 is 2.30 bits per heavy atom. The molecule has 11 nitrogen and oxygen atoms in total. The van der Waals surface area contributed by atoms with Crippen molar-refractivity contribution in [3.8, 4) is 0 Å². The third kappa shape index (κ3) is 6.02. The maximum atomic E-state index is 12.6. The summed E-state index contributed by atoms with van der Waals surface area (Å²) in [7, 11) is 0. The van der Waals surface area contributed by atoms with Gasteiger partial charge in [-0.1, -0.05) is 43.7 Å². The van der Waals surface area contributed by atoms with Gasteiger partial charge in [-0.2, -0.15) is 0 Å². The van der Waals surface area contributed by atoms with E-state index in [9.17, 15) is 34.8 Å². The third-order valence-electron chi connectivity index (χ3n) is 8.58. The topological polar surface area (TPSA) is 195 Å². The molecule has 4 aliphatic rings. The van der Waals surface area contributed by atoms with E-state index in [0.29, 0.717) is 68.1 Å². The quantitative estimate of drug-likeness (QED) is 0.230. The molecule has 0 spiro atoms.